The van der Waals surface area contributed by atoms with Crippen molar-refractivity contribution in [3.8, 4) is 22.3 Å². The largest absolute Gasteiger partial charge is 1.00 e. The molecule has 4 aromatic carbocycles. The second-order valence-corrected chi connectivity index (χ2v) is 11.0. The lowest BCUT2D eigenvalue weighted by atomic mass is 9.98. The van der Waals surface area contributed by atoms with E-state index in [0.717, 1.165) is 47.3 Å². The minimum atomic E-state index is -0.968. The maximum Gasteiger partial charge on any atom is 0.336 e. The van der Waals surface area contributed by atoms with Gasteiger partial charge in [0.15, 0.2) is 5.69 Å². The van der Waals surface area contributed by atoms with E-state index in [2.05, 4.69) is 11.5 Å². The van der Waals surface area contributed by atoms with Crippen molar-refractivity contribution < 1.29 is 46.5 Å². The first kappa shape index (κ1) is 33.6. The third-order valence-electron chi connectivity index (χ3n) is 7.85. The highest BCUT2D eigenvalue weighted by Crippen LogP contribution is 2.27. The molecule has 0 radical (unpaired) electrons. The standard InChI is InChI=1S/C36H33ClN2O5.BrH/c1-2-3-12-33-38(21-24-13-17-26(18-14-24)28-8-4-6-10-30(28)35(41)42)32(23-40)34(37)39(33)22-25-15-19-27(20-16-25)29-9-5-7-11-31(29)36(43)44;/h4-11,13-20,40H,2-3,12,21-23H2,1H3,(H-,41,42,43,44);1H. The number of carboxylic acids is 2. The van der Waals surface area contributed by atoms with E-state index in [9.17, 15) is 24.9 Å². The Hall–Kier alpha value is -4.24. The van der Waals surface area contributed by atoms with E-state index in [1.807, 2.05) is 65.2 Å². The number of aliphatic hydroxyl groups is 1. The van der Waals surface area contributed by atoms with Gasteiger partial charge in [-0.15, -0.1) is 0 Å². The number of hydrogen-bond acceptors (Lipinski definition) is 3. The lowest BCUT2D eigenvalue weighted by molar-refractivity contribution is -0.693. The summed E-state index contributed by atoms with van der Waals surface area (Å²) in [5, 5.41) is 30.1. The van der Waals surface area contributed by atoms with Crippen LogP contribution in [0.3, 0.4) is 0 Å². The van der Waals surface area contributed by atoms with Crippen molar-refractivity contribution in [2.75, 3.05) is 0 Å². The van der Waals surface area contributed by atoms with E-state index in [4.69, 9.17) is 11.6 Å². The minimum Gasteiger partial charge on any atom is -1.00 e. The molecule has 45 heavy (non-hydrogen) atoms. The first-order valence-electron chi connectivity index (χ1n) is 14.6. The predicted octanol–water partition coefficient (Wildman–Crippen LogP) is 4.09. The molecule has 9 heteroatoms. The Morgan fingerprint density at radius 1 is 0.756 bits per heavy atom. The van der Waals surface area contributed by atoms with Crippen LogP contribution in [0.2, 0.25) is 5.15 Å². The summed E-state index contributed by atoms with van der Waals surface area (Å²) in [6.45, 7) is 2.89. The number of unbranched alkanes of at least 4 members (excludes halogenated alkanes) is 1. The molecule has 5 rings (SSSR count). The molecule has 1 heterocycles. The second kappa shape index (κ2) is 15.2. The Labute approximate surface area is 277 Å². The Morgan fingerprint density at radius 2 is 1.24 bits per heavy atom. The van der Waals surface area contributed by atoms with Crippen molar-refractivity contribution in [2.45, 2.75) is 45.9 Å². The lowest BCUT2D eigenvalue weighted by Crippen LogP contribution is -3.00. The van der Waals surface area contributed by atoms with Crippen LogP contribution in [0.5, 0.6) is 0 Å². The Bertz CT molecular complexity index is 1800. The van der Waals surface area contributed by atoms with Crippen molar-refractivity contribution in [2.24, 2.45) is 0 Å². The number of hydrogen-bond donors (Lipinski definition) is 3. The van der Waals surface area contributed by atoms with Gasteiger partial charge < -0.3 is 32.3 Å². The van der Waals surface area contributed by atoms with Crippen molar-refractivity contribution in [3.63, 3.8) is 0 Å². The molecule has 0 aliphatic carbocycles. The Balaban J connectivity index is 0.00000461. The fourth-order valence-electron chi connectivity index (χ4n) is 5.57. The maximum atomic E-state index is 11.7. The molecule has 0 saturated carbocycles. The fourth-order valence-corrected chi connectivity index (χ4v) is 5.89. The Kier molecular flexibility index (Phi) is 11.3. The summed E-state index contributed by atoms with van der Waals surface area (Å²) in [6, 6.07) is 29.5. The average molecular weight is 690 g/mol. The monoisotopic (exact) mass is 688 g/mol. The fraction of sp³-hybridized carbons (Fsp3) is 0.194. The molecule has 0 unspecified atom stereocenters. The molecule has 0 saturated heterocycles. The lowest BCUT2D eigenvalue weighted by Gasteiger charge is -2.10. The molecule has 0 fully saturated rings. The van der Waals surface area contributed by atoms with Crippen LogP contribution in [0.25, 0.3) is 22.3 Å². The van der Waals surface area contributed by atoms with Gasteiger partial charge in [-0.1, -0.05) is 98.3 Å². The molecule has 0 bridgehead atoms. The topological polar surface area (TPSA) is 104 Å². The van der Waals surface area contributed by atoms with E-state index in [1.165, 1.54) is 0 Å². The number of benzene rings is 4. The van der Waals surface area contributed by atoms with Crippen LogP contribution in [0.4, 0.5) is 0 Å². The third-order valence-corrected chi connectivity index (χ3v) is 8.28. The van der Waals surface area contributed by atoms with Gasteiger partial charge in [0.1, 0.15) is 19.7 Å². The number of rotatable bonds is 12. The van der Waals surface area contributed by atoms with Gasteiger partial charge in [0.2, 0.25) is 5.15 Å². The van der Waals surface area contributed by atoms with E-state index < -0.39 is 11.9 Å². The summed E-state index contributed by atoms with van der Waals surface area (Å²) < 4.78 is 4.12. The SMILES string of the molecule is CCCCc1n(Cc2ccc(-c3ccccc3C(=O)O)cc2)c(CO)c(Cl)[n+]1Cc1ccc(-c2ccccc2C(=O)O)cc1.[Br-]. The van der Waals surface area contributed by atoms with E-state index in [0.29, 0.717) is 35.1 Å². The number of aromatic nitrogens is 2. The highest BCUT2D eigenvalue weighted by Gasteiger charge is 2.29. The molecule has 0 atom stereocenters. The molecular weight excluding hydrogens is 656 g/mol. The van der Waals surface area contributed by atoms with Crippen LogP contribution in [0.15, 0.2) is 97.1 Å². The average Bonchev–Trinajstić information content (AvgIpc) is 3.29. The number of carboxylic acid groups (broad SMARTS) is 2. The Morgan fingerprint density at radius 3 is 1.71 bits per heavy atom. The van der Waals surface area contributed by atoms with Crippen LogP contribution in [0, 0.1) is 0 Å². The minimum absolute atomic E-state index is 0. The van der Waals surface area contributed by atoms with Crippen LogP contribution >= 0.6 is 11.6 Å². The number of halogens is 2. The van der Waals surface area contributed by atoms with E-state index >= 15 is 0 Å². The van der Waals surface area contributed by atoms with Gasteiger partial charge in [-0.2, -0.15) is 0 Å². The van der Waals surface area contributed by atoms with Crippen LogP contribution in [-0.4, -0.2) is 31.8 Å². The first-order chi connectivity index (χ1) is 21.3. The molecule has 232 valence electrons. The van der Waals surface area contributed by atoms with Crippen molar-refractivity contribution in [1.82, 2.24) is 4.57 Å². The summed E-state index contributed by atoms with van der Waals surface area (Å²) >= 11 is 6.93. The first-order valence-corrected chi connectivity index (χ1v) is 14.9. The van der Waals surface area contributed by atoms with Gasteiger partial charge in [-0.05, 0) is 63.5 Å². The van der Waals surface area contributed by atoms with Crippen molar-refractivity contribution in [3.05, 3.63) is 136 Å². The van der Waals surface area contributed by atoms with Gasteiger partial charge in [-0.25, -0.2) is 18.7 Å². The molecule has 0 aliphatic rings. The molecule has 7 nitrogen and oxygen atoms in total. The molecule has 0 amide bonds. The smallest absolute Gasteiger partial charge is 0.336 e. The van der Waals surface area contributed by atoms with Gasteiger partial charge >= 0.3 is 11.9 Å². The number of aromatic carboxylic acids is 2. The zero-order valence-electron chi connectivity index (χ0n) is 24.8. The van der Waals surface area contributed by atoms with Gasteiger partial charge in [0.25, 0.3) is 5.82 Å². The van der Waals surface area contributed by atoms with Crippen LogP contribution < -0.4 is 21.5 Å². The highest BCUT2D eigenvalue weighted by molar-refractivity contribution is 6.29. The molecule has 0 spiro atoms. The van der Waals surface area contributed by atoms with Gasteiger partial charge in [0.05, 0.1) is 11.1 Å². The molecule has 5 aromatic rings. The van der Waals surface area contributed by atoms with Gasteiger partial charge in [-0.3, -0.25) is 0 Å². The van der Waals surface area contributed by atoms with Crippen molar-refractivity contribution in [1.29, 1.82) is 0 Å². The van der Waals surface area contributed by atoms with Gasteiger partial charge in [0, 0.05) is 6.42 Å². The van der Waals surface area contributed by atoms with Crippen LogP contribution in [0.1, 0.15) is 63.1 Å². The number of aliphatic hydroxyl groups excluding tert-OH is 1. The molecule has 1 aromatic heterocycles. The number of nitrogens with zero attached hydrogens (tertiary/aromatic N) is 2. The normalized spacial score (nSPS) is 10.8. The summed E-state index contributed by atoms with van der Waals surface area (Å²) in [5.41, 5.74) is 6.07. The molecular formula is C36H34BrClN2O5. The molecule has 0 aliphatic heterocycles. The number of imidazole rings is 1. The quantitative estimate of drug-likeness (QED) is 0.171. The van der Waals surface area contributed by atoms with E-state index in [1.54, 1.807) is 36.4 Å². The van der Waals surface area contributed by atoms with Crippen molar-refractivity contribution >= 4 is 23.5 Å². The zero-order valence-corrected chi connectivity index (χ0v) is 27.1. The second-order valence-electron chi connectivity index (χ2n) is 10.7. The predicted molar refractivity (Wildman–Crippen MR) is 170 cm³/mol. The molecule has 3 N–H and O–H groups in total. The third kappa shape index (κ3) is 7.36. The summed E-state index contributed by atoms with van der Waals surface area (Å²) in [6.07, 6.45) is 2.71. The summed E-state index contributed by atoms with van der Waals surface area (Å²) in [7, 11) is 0. The maximum absolute atomic E-state index is 11.7. The van der Waals surface area contributed by atoms with E-state index in [-0.39, 0.29) is 34.7 Å². The zero-order chi connectivity index (χ0) is 31.2. The number of carbonyl (C=O) groups is 2. The summed E-state index contributed by atoms with van der Waals surface area (Å²) in [4.78, 5) is 23.4. The van der Waals surface area contributed by atoms with Crippen LogP contribution in [-0.2, 0) is 26.1 Å². The summed E-state index contributed by atoms with van der Waals surface area (Å²) in [5.74, 6) is -0.934. The highest BCUT2D eigenvalue weighted by atomic mass is 79.9.